The number of benzene rings is 1. The molecule has 1 amide bonds. The Labute approximate surface area is 212 Å². The van der Waals surface area contributed by atoms with Crippen molar-refractivity contribution in [2.75, 3.05) is 23.8 Å². The Morgan fingerprint density at radius 1 is 1.11 bits per heavy atom. The van der Waals surface area contributed by atoms with E-state index in [9.17, 15) is 4.79 Å². The summed E-state index contributed by atoms with van der Waals surface area (Å²) in [6.07, 6.45) is 6.94. The Kier molecular flexibility index (Phi) is 5.74. The highest BCUT2D eigenvalue weighted by Crippen LogP contribution is 2.47. The number of rotatable bonds is 6. The minimum Gasteiger partial charge on any atom is -0.380 e. The molecule has 6 rings (SSSR count). The Bertz CT molecular complexity index is 1260. The molecule has 11 heteroatoms. The summed E-state index contributed by atoms with van der Waals surface area (Å²) in [5.74, 6) is 0.859. The number of amides is 1. The fourth-order valence-corrected chi connectivity index (χ4v) is 6.13. The number of anilines is 3. The predicted octanol–water partition coefficient (Wildman–Crippen LogP) is 4.68. The van der Waals surface area contributed by atoms with Gasteiger partial charge < -0.3 is 21.1 Å². The number of nitrogens with two attached hydrogens (primary N) is 1. The van der Waals surface area contributed by atoms with Gasteiger partial charge in [0.05, 0.1) is 35.1 Å². The second kappa shape index (κ2) is 8.80. The molecule has 1 aliphatic heterocycles. The van der Waals surface area contributed by atoms with Gasteiger partial charge in [-0.1, -0.05) is 29.3 Å². The molecule has 3 fully saturated rings. The number of para-hydroxylation sites is 1. The second-order valence-corrected chi connectivity index (χ2v) is 10.9. The van der Waals surface area contributed by atoms with Gasteiger partial charge in [-0.25, -0.2) is 9.97 Å². The number of imidazole rings is 1. The zero-order valence-electron chi connectivity index (χ0n) is 19.1. The molecule has 35 heavy (non-hydrogen) atoms. The molecule has 3 aromatic rings. The van der Waals surface area contributed by atoms with E-state index in [0.717, 1.165) is 57.4 Å². The average molecular weight is 516 g/mol. The summed E-state index contributed by atoms with van der Waals surface area (Å²) >= 11 is 12.9. The van der Waals surface area contributed by atoms with Crippen LogP contribution in [-0.2, 0) is 9.53 Å². The van der Waals surface area contributed by atoms with E-state index in [-0.39, 0.29) is 17.9 Å². The van der Waals surface area contributed by atoms with Crippen LogP contribution in [0.5, 0.6) is 0 Å². The van der Waals surface area contributed by atoms with Gasteiger partial charge in [0.25, 0.3) is 0 Å². The quantitative estimate of drug-likeness (QED) is 0.435. The number of halogens is 2. The maximum absolute atomic E-state index is 11.7. The highest BCUT2D eigenvalue weighted by atomic mass is 35.5. The maximum Gasteiger partial charge on any atom is 0.224 e. The molecule has 3 heterocycles. The van der Waals surface area contributed by atoms with Crippen LogP contribution in [0.25, 0.3) is 11.2 Å². The number of carbonyl (C=O) groups excluding carboxylic acids is 1. The standard InChI is InChI=1S/C24H27Cl2N7O2/c25-16-2-1-3-17(26)19(16)31-23-30-18-10-28-22(29-14-8-24(9-14)11-35-12-24)32-21(18)33(23)15-6-4-13(5-7-15)20(27)34/h1-3,10,13-15H,4-9,11-12H2,(H2,27,34)(H,30,31)(H,28,29,32)/t13-,15-. The van der Waals surface area contributed by atoms with Crippen molar-refractivity contribution < 1.29 is 9.53 Å². The molecular weight excluding hydrogens is 489 g/mol. The van der Waals surface area contributed by atoms with Crippen molar-refractivity contribution in [2.24, 2.45) is 17.1 Å². The molecule has 0 bridgehead atoms. The van der Waals surface area contributed by atoms with Crippen LogP contribution >= 0.6 is 23.2 Å². The van der Waals surface area contributed by atoms with Gasteiger partial charge in [-0.05, 0) is 50.7 Å². The molecule has 1 spiro atoms. The predicted molar refractivity (Wildman–Crippen MR) is 135 cm³/mol. The molecule has 3 aliphatic rings. The van der Waals surface area contributed by atoms with Crippen molar-refractivity contribution >= 4 is 57.9 Å². The van der Waals surface area contributed by atoms with Crippen molar-refractivity contribution in [2.45, 2.75) is 50.6 Å². The Hall–Kier alpha value is -2.62. The number of primary amides is 1. The molecule has 2 aliphatic carbocycles. The number of nitrogens with zero attached hydrogens (tertiary/aromatic N) is 4. The van der Waals surface area contributed by atoms with Crippen LogP contribution in [0, 0.1) is 11.3 Å². The van der Waals surface area contributed by atoms with Crippen molar-refractivity contribution in [1.29, 1.82) is 0 Å². The molecule has 4 N–H and O–H groups in total. The number of aromatic nitrogens is 4. The van der Waals surface area contributed by atoms with Crippen LogP contribution in [0.2, 0.25) is 10.0 Å². The maximum atomic E-state index is 11.7. The van der Waals surface area contributed by atoms with E-state index >= 15 is 0 Å². The summed E-state index contributed by atoms with van der Waals surface area (Å²) in [7, 11) is 0. The smallest absolute Gasteiger partial charge is 0.224 e. The summed E-state index contributed by atoms with van der Waals surface area (Å²) in [4.78, 5) is 25.9. The van der Waals surface area contributed by atoms with E-state index < -0.39 is 0 Å². The first kappa shape index (κ1) is 22.8. The summed E-state index contributed by atoms with van der Waals surface area (Å²) in [5, 5.41) is 7.81. The van der Waals surface area contributed by atoms with Gasteiger partial charge in [0.1, 0.15) is 5.52 Å². The average Bonchev–Trinajstić information content (AvgIpc) is 3.14. The van der Waals surface area contributed by atoms with E-state index in [1.807, 2.05) is 0 Å². The molecule has 0 atom stereocenters. The van der Waals surface area contributed by atoms with Gasteiger partial charge in [-0.15, -0.1) is 0 Å². The van der Waals surface area contributed by atoms with Crippen LogP contribution in [0.3, 0.4) is 0 Å². The number of carbonyl (C=O) groups is 1. The minimum atomic E-state index is -0.232. The monoisotopic (exact) mass is 515 g/mol. The summed E-state index contributed by atoms with van der Waals surface area (Å²) in [6.45, 7) is 1.71. The van der Waals surface area contributed by atoms with Crippen LogP contribution in [-0.4, -0.2) is 44.7 Å². The number of nitrogens with one attached hydrogen (secondary N) is 2. The summed E-state index contributed by atoms with van der Waals surface area (Å²) in [5.41, 5.74) is 7.92. The highest BCUT2D eigenvalue weighted by Gasteiger charge is 2.50. The Balaban J connectivity index is 1.33. The van der Waals surface area contributed by atoms with Gasteiger partial charge in [0.2, 0.25) is 17.8 Å². The number of hydrogen-bond donors (Lipinski definition) is 3. The van der Waals surface area contributed by atoms with E-state index in [0.29, 0.717) is 44.6 Å². The third-order valence-corrected chi connectivity index (χ3v) is 8.24. The number of hydrogen-bond acceptors (Lipinski definition) is 7. The molecule has 1 saturated heterocycles. The third kappa shape index (κ3) is 4.19. The topological polar surface area (TPSA) is 120 Å². The minimum absolute atomic E-state index is 0.0938. The lowest BCUT2D eigenvalue weighted by atomic mass is 9.64. The van der Waals surface area contributed by atoms with Crippen molar-refractivity contribution in [1.82, 2.24) is 19.5 Å². The second-order valence-electron chi connectivity index (χ2n) is 10.1. The lowest BCUT2D eigenvalue weighted by Crippen LogP contribution is -2.56. The fraction of sp³-hybridized carbons (Fsp3) is 0.500. The lowest BCUT2D eigenvalue weighted by Gasteiger charge is -2.53. The fourth-order valence-electron chi connectivity index (χ4n) is 5.64. The van der Waals surface area contributed by atoms with Crippen molar-refractivity contribution in [3.63, 3.8) is 0 Å². The number of ether oxygens (including phenoxy) is 1. The Morgan fingerprint density at radius 3 is 2.46 bits per heavy atom. The first-order valence-electron chi connectivity index (χ1n) is 12.0. The normalized spacial score (nSPS) is 23.6. The molecule has 9 nitrogen and oxygen atoms in total. The van der Waals surface area contributed by atoms with Crippen LogP contribution in [0.1, 0.15) is 44.6 Å². The summed E-state index contributed by atoms with van der Waals surface area (Å²) < 4.78 is 7.48. The van der Waals surface area contributed by atoms with Crippen molar-refractivity contribution in [3.05, 3.63) is 34.4 Å². The number of fused-ring (bicyclic) bond motifs is 1. The summed E-state index contributed by atoms with van der Waals surface area (Å²) in [6, 6.07) is 5.80. The zero-order valence-corrected chi connectivity index (χ0v) is 20.6. The first-order chi connectivity index (χ1) is 16.9. The van der Waals surface area contributed by atoms with Gasteiger partial charge in [0.15, 0.2) is 5.65 Å². The van der Waals surface area contributed by atoms with Crippen molar-refractivity contribution in [3.8, 4) is 0 Å². The molecular formula is C24H27Cl2N7O2. The largest absolute Gasteiger partial charge is 0.380 e. The molecule has 1 aromatic carbocycles. The van der Waals surface area contributed by atoms with Gasteiger partial charge in [-0.3, -0.25) is 9.36 Å². The van der Waals surface area contributed by atoms with E-state index in [1.54, 1.807) is 24.4 Å². The SMILES string of the molecule is NC(=O)[C@H]1CC[C@H](n2c(Nc3c(Cl)cccc3Cl)nc3cnc(NC4CC5(COC5)C4)nc32)CC1. The molecule has 184 valence electrons. The lowest BCUT2D eigenvalue weighted by molar-refractivity contribution is -0.160. The Morgan fingerprint density at radius 2 is 1.83 bits per heavy atom. The highest BCUT2D eigenvalue weighted by molar-refractivity contribution is 6.39. The molecule has 0 radical (unpaired) electrons. The van der Waals surface area contributed by atoms with Gasteiger partial charge in [-0.2, -0.15) is 4.98 Å². The third-order valence-electron chi connectivity index (χ3n) is 7.61. The molecule has 2 aromatic heterocycles. The van der Waals surface area contributed by atoms with E-state index in [1.165, 1.54) is 0 Å². The zero-order chi connectivity index (χ0) is 24.2. The van der Waals surface area contributed by atoms with E-state index in [4.69, 9.17) is 43.6 Å². The molecule has 2 saturated carbocycles. The van der Waals surface area contributed by atoms with Crippen LogP contribution < -0.4 is 16.4 Å². The van der Waals surface area contributed by atoms with Crippen LogP contribution in [0.4, 0.5) is 17.6 Å². The van der Waals surface area contributed by atoms with Gasteiger partial charge in [0, 0.05) is 23.4 Å². The first-order valence-corrected chi connectivity index (χ1v) is 12.8. The van der Waals surface area contributed by atoms with Gasteiger partial charge >= 0.3 is 0 Å². The van der Waals surface area contributed by atoms with Crippen LogP contribution in [0.15, 0.2) is 24.4 Å². The molecule has 0 unspecified atom stereocenters. The van der Waals surface area contributed by atoms with E-state index in [2.05, 4.69) is 20.2 Å².